The van der Waals surface area contributed by atoms with Gasteiger partial charge in [0.15, 0.2) is 0 Å². The molecule has 3 heterocycles. The molecule has 1 aliphatic carbocycles. The van der Waals surface area contributed by atoms with E-state index in [1.165, 1.54) is 7.11 Å². The highest BCUT2D eigenvalue weighted by Gasteiger charge is 2.57. The maximum atomic E-state index is 13.6. The minimum absolute atomic E-state index is 0.00341. The fourth-order valence-electron chi connectivity index (χ4n) is 5.58. The summed E-state index contributed by atoms with van der Waals surface area (Å²) >= 11 is 0. The van der Waals surface area contributed by atoms with Gasteiger partial charge in [-0.15, -0.1) is 0 Å². The minimum Gasteiger partial charge on any atom is -0.468 e. The monoisotopic (exact) mass is 428 g/mol. The van der Waals surface area contributed by atoms with Crippen molar-refractivity contribution < 1.29 is 23.5 Å². The maximum Gasteiger partial charge on any atom is 0.317 e. The first-order chi connectivity index (χ1) is 14.8. The van der Waals surface area contributed by atoms with Crippen LogP contribution in [0.2, 0.25) is 0 Å². The van der Waals surface area contributed by atoms with Crippen molar-refractivity contribution in [2.75, 3.05) is 20.2 Å². The van der Waals surface area contributed by atoms with Gasteiger partial charge in [0.25, 0.3) is 0 Å². The summed E-state index contributed by atoms with van der Waals surface area (Å²) in [7, 11) is 1.40. The Balaban J connectivity index is 1.72. The summed E-state index contributed by atoms with van der Waals surface area (Å²) in [5.41, 5.74) is -0.352. The Morgan fingerprint density at radius 2 is 2.00 bits per heavy atom. The molecule has 2 aliphatic heterocycles. The van der Waals surface area contributed by atoms with E-state index in [0.717, 1.165) is 32.4 Å². The van der Waals surface area contributed by atoms with Crippen molar-refractivity contribution in [3.8, 4) is 0 Å². The second-order valence-corrected chi connectivity index (χ2v) is 9.90. The summed E-state index contributed by atoms with van der Waals surface area (Å²) in [5.74, 6) is -0.370. The largest absolute Gasteiger partial charge is 0.468 e. The molecule has 4 rings (SSSR count). The molecule has 31 heavy (non-hydrogen) atoms. The predicted octanol–water partition coefficient (Wildman–Crippen LogP) is 3.50. The van der Waals surface area contributed by atoms with Gasteiger partial charge in [0.05, 0.1) is 19.9 Å². The fourth-order valence-corrected chi connectivity index (χ4v) is 5.58. The van der Waals surface area contributed by atoms with Gasteiger partial charge in [-0.3, -0.25) is 14.4 Å². The molecule has 1 aromatic rings. The highest BCUT2D eigenvalue weighted by atomic mass is 16.5. The molecule has 168 valence electrons. The van der Waals surface area contributed by atoms with E-state index in [9.17, 15) is 14.4 Å². The lowest BCUT2D eigenvalue weighted by atomic mass is 9.59. The van der Waals surface area contributed by atoms with E-state index in [0.29, 0.717) is 24.3 Å². The van der Waals surface area contributed by atoms with Crippen LogP contribution in [0.5, 0.6) is 0 Å². The molecule has 2 saturated heterocycles. The van der Waals surface area contributed by atoms with Crippen LogP contribution in [0.4, 0.5) is 0 Å². The lowest BCUT2D eigenvalue weighted by molar-refractivity contribution is -0.163. The molecular weight excluding hydrogens is 396 g/mol. The van der Waals surface area contributed by atoms with E-state index in [2.05, 4.69) is 13.8 Å². The third-order valence-electron chi connectivity index (χ3n) is 6.97. The standard InChI is InChI=1S/C24H32N2O5/c1-23(2)9-8-19-24(16-23,22(29)30-3)14-17(13-20(27)25-10-4-5-11-25)21(28)26(19)15-18-7-6-12-31-18/h6-8,12,17H,4-5,9-11,13-16H2,1-3H3/t17-,24-/m1/s1. The summed E-state index contributed by atoms with van der Waals surface area (Å²) < 4.78 is 10.8. The lowest BCUT2D eigenvalue weighted by Gasteiger charge is -2.51. The smallest absolute Gasteiger partial charge is 0.317 e. The number of ether oxygens (including phenoxy) is 1. The van der Waals surface area contributed by atoms with Crippen molar-refractivity contribution in [1.29, 1.82) is 0 Å². The SMILES string of the molecule is COC(=O)[C@@]12C[C@@H](CC(=O)N3CCCC3)C(=O)N(Cc3ccco3)C1=CCC(C)(C)C2. The van der Waals surface area contributed by atoms with E-state index in [4.69, 9.17) is 9.15 Å². The quantitative estimate of drug-likeness (QED) is 0.671. The second kappa shape index (κ2) is 8.17. The molecule has 3 aliphatic rings. The molecule has 0 bridgehead atoms. The Morgan fingerprint density at radius 3 is 2.65 bits per heavy atom. The second-order valence-electron chi connectivity index (χ2n) is 9.90. The van der Waals surface area contributed by atoms with E-state index >= 15 is 0 Å². The summed E-state index contributed by atoms with van der Waals surface area (Å²) in [4.78, 5) is 43.2. The predicted molar refractivity (Wildman–Crippen MR) is 113 cm³/mol. The lowest BCUT2D eigenvalue weighted by Crippen LogP contribution is -2.55. The third kappa shape index (κ3) is 4.02. The van der Waals surface area contributed by atoms with Crippen molar-refractivity contribution in [1.82, 2.24) is 9.80 Å². The van der Waals surface area contributed by atoms with Gasteiger partial charge in [0, 0.05) is 31.1 Å². The zero-order valence-corrected chi connectivity index (χ0v) is 18.7. The number of furan rings is 1. The molecule has 2 atom stereocenters. The van der Waals surface area contributed by atoms with Gasteiger partial charge in [-0.05, 0) is 49.7 Å². The number of rotatable bonds is 5. The number of nitrogens with zero attached hydrogens (tertiary/aromatic N) is 2. The van der Waals surface area contributed by atoms with E-state index in [1.807, 2.05) is 17.0 Å². The van der Waals surface area contributed by atoms with Crippen LogP contribution in [0.15, 0.2) is 34.6 Å². The van der Waals surface area contributed by atoms with Gasteiger partial charge in [0.1, 0.15) is 11.2 Å². The van der Waals surface area contributed by atoms with Crippen LogP contribution in [-0.2, 0) is 25.7 Å². The van der Waals surface area contributed by atoms with Crippen LogP contribution in [0.25, 0.3) is 0 Å². The van der Waals surface area contributed by atoms with Gasteiger partial charge in [-0.25, -0.2) is 0 Å². The number of hydrogen-bond donors (Lipinski definition) is 0. The topological polar surface area (TPSA) is 80.1 Å². The number of hydrogen-bond acceptors (Lipinski definition) is 5. The van der Waals surface area contributed by atoms with Crippen LogP contribution in [0, 0.1) is 16.7 Å². The van der Waals surface area contributed by atoms with Gasteiger partial charge < -0.3 is 19.0 Å². The van der Waals surface area contributed by atoms with Crippen LogP contribution >= 0.6 is 0 Å². The van der Waals surface area contributed by atoms with E-state index in [1.54, 1.807) is 17.2 Å². The van der Waals surface area contributed by atoms with Crippen LogP contribution in [0.1, 0.15) is 58.1 Å². The number of allylic oxidation sites excluding steroid dienone is 1. The zero-order valence-electron chi connectivity index (χ0n) is 18.7. The summed E-state index contributed by atoms with van der Waals surface area (Å²) in [5, 5.41) is 0. The molecule has 0 unspecified atom stereocenters. The average Bonchev–Trinajstić information content (AvgIpc) is 3.43. The van der Waals surface area contributed by atoms with Crippen LogP contribution in [-0.4, -0.2) is 47.8 Å². The molecule has 0 saturated carbocycles. The van der Waals surface area contributed by atoms with Crippen molar-refractivity contribution in [3.63, 3.8) is 0 Å². The molecule has 7 nitrogen and oxygen atoms in total. The van der Waals surface area contributed by atoms with Crippen molar-refractivity contribution in [2.24, 2.45) is 16.7 Å². The minimum atomic E-state index is -0.938. The Hall–Kier alpha value is -2.57. The highest BCUT2D eigenvalue weighted by Crippen LogP contribution is 2.55. The summed E-state index contributed by atoms with van der Waals surface area (Å²) in [6.07, 6.45) is 7.37. The molecule has 7 heteroatoms. The average molecular weight is 429 g/mol. The van der Waals surface area contributed by atoms with Gasteiger partial charge >= 0.3 is 5.97 Å². The number of carbonyl (C=O) groups is 3. The molecule has 0 aromatic carbocycles. The van der Waals surface area contributed by atoms with Crippen molar-refractivity contribution in [3.05, 3.63) is 35.9 Å². The number of esters is 1. The maximum absolute atomic E-state index is 13.6. The van der Waals surface area contributed by atoms with Gasteiger partial charge in [-0.1, -0.05) is 19.9 Å². The Bertz CT molecular complexity index is 882. The first kappa shape index (κ1) is 21.7. The number of carbonyl (C=O) groups excluding carboxylic acids is 3. The molecule has 1 aromatic heterocycles. The Kier molecular flexibility index (Phi) is 5.71. The van der Waals surface area contributed by atoms with E-state index in [-0.39, 0.29) is 36.2 Å². The molecule has 0 radical (unpaired) electrons. The van der Waals surface area contributed by atoms with Gasteiger partial charge in [0.2, 0.25) is 11.8 Å². The first-order valence-corrected chi connectivity index (χ1v) is 11.2. The normalized spacial score (nSPS) is 27.6. The molecule has 0 N–H and O–H groups in total. The summed E-state index contributed by atoms with van der Waals surface area (Å²) in [6.45, 7) is 5.99. The highest BCUT2D eigenvalue weighted by molar-refractivity contribution is 5.92. The third-order valence-corrected chi connectivity index (χ3v) is 6.97. The fraction of sp³-hybridized carbons (Fsp3) is 0.625. The van der Waals surface area contributed by atoms with Crippen molar-refractivity contribution in [2.45, 2.75) is 58.9 Å². The number of likely N-dealkylation sites (tertiary alicyclic amines) is 2. The number of amides is 2. The number of piperidine rings is 1. The molecule has 2 fully saturated rings. The van der Waals surface area contributed by atoms with Gasteiger partial charge in [-0.2, -0.15) is 0 Å². The molecular formula is C24H32N2O5. The Morgan fingerprint density at radius 1 is 1.26 bits per heavy atom. The first-order valence-electron chi connectivity index (χ1n) is 11.2. The van der Waals surface area contributed by atoms with Crippen LogP contribution in [0.3, 0.4) is 0 Å². The molecule has 0 spiro atoms. The summed E-state index contributed by atoms with van der Waals surface area (Å²) in [6, 6.07) is 3.60. The number of fused-ring (bicyclic) bond motifs is 1. The Labute approximate surface area is 183 Å². The zero-order chi connectivity index (χ0) is 22.2. The van der Waals surface area contributed by atoms with E-state index < -0.39 is 11.3 Å². The van der Waals surface area contributed by atoms with Crippen molar-refractivity contribution >= 4 is 17.8 Å². The number of methoxy groups -OCH3 is 1. The molecule has 2 amide bonds. The van der Waals surface area contributed by atoms with Crippen LogP contribution < -0.4 is 0 Å².